The Hall–Kier alpha value is -1.17. The van der Waals surface area contributed by atoms with Crippen molar-refractivity contribution in [1.82, 2.24) is 15.0 Å². The van der Waals surface area contributed by atoms with Gasteiger partial charge in [0.1, 0.15) is 10.8 Å². The average Bonchev–Trinajstić information content (AvgIpc) is 2.77. The van der Waals surface area contributed by atoms with Gasteiger partial charge in [0, 0.05) is 19.4 Å². The fourth-order valence-corrected chi connectivity index (χ4v) is 1.76. The van der Waals surface area contributed by atoms with Crippen molar-refractivity contribution < 1.29 is 9.47 Å². The Morgan fingerprint density at radius 2 is 2.00 bits per heavy atom. The van der Waals surface area contributed by atoms with Gasteiger partial charge in [-0.2, -0.15) is 0 Å². The van der Waals surface area contributed by atoms with Gasteiger partial charge in [0.2, 0.25) is 6.29 Å². The number of halogens is 1. The molecule has 0 spiro atoms. The lowest BCUT2D eigenvalue weighted by Gasteiger charge is -2.15. The fraction of sp³-hybridized carbons (Fsp3) is 0.455. The van der Waals surface area contributed by atoms with Gasteiger partial charge in [-0.3, -0.25) is 0 Å². The summed E-state index contributed by atoms with van der Waals surface area (Å²) in [5.41, 5.74) is 0.685. The van der Waals surface area contributed by atoms with Crippen LogP contribution in [0, 0.1) is 0 Å². The van der Waals surface area contributed by atoms with Crippen molar-refractivity contribution in [2.45, 2.75) is 20.1 Å². The second-order valence-corrected chi connectivity index (χ2v) is 3.71. The van der Waals surface area contributed by atoms with Crippen LogP contribution in [0.2, 0.25) is 5.15 Å². The predicted molar refractivity (Wildman–Crippen MR) is 64.9 cm³/mol. The first-order valence-corrected chi connectivity index (χ1v) is 5.87. The predicted octanol–water partition coefficient (Wildman–Crippen LogP) is 2.68. The molecule has 0 aromatic carbocycles. The molecule has 0 unspecified atom stereocenters. The summed E-state index contributed by atoms with van der Waals surface area (Å²) in [6.07, 6.45) is 1.20. The van der Waals surface area contributed by atoms with Gasteiger partial charge < -0.3 is 14.5 Å². The molecule has 0 bridgehead atoms. The van der Waals surface area contributed by atoms with Gasteiger partial charge in [-0.1, -0.05) is 11.6 Å². The van der Waals surface area contributed by atoms with E-state index in [9.17, 15) is 0 Å². The maximum absolute atomic E-state index is 6.07. The van der Waals surface area contributed by atoms with Crippen LogP contribution in [-0.2, 0) is 9.47 Å². The van der Waals surface area contributed by atoms with Gasteiger partial charge in [-0.15, -0.1) is 0 Å². The zero-order chi connectivity index (χ0) is 12.3. The monoisotopic (exact) mass is 255 g/mol. The van der Waals surface area contributed by atoms with Crippen LogP contribution in [0.1, 0.15) is 26.0 Å². The normalized spacial score (nSPS) is 11.5. The molecule has 0 saturated heterocycles. The topological polar surface area (TPSA) is 60.0 Å². The van der Waals surface area contributed by atoms with Gasteiger partial charge >= 0.3 is 0 Å². The molecule has 0 saturated carbocycles. The summed E-state index contributed by atoms with van der Waals surface area (Å²) < 4.78 is 10.9. The Morgan fingerprint density at radius 3 is 2.65 bits per heavy atom. The van der Waals surface area contributed by atoms with Crippen LogP contribution in [0.4, 0.5) is 0 Å². The quantitative estimate of drug-likeness (QED) is 0.659. The molecule has 2 heterocycles. The summed E-state index contributed by atoms with van der Waals surface area (Å²) in [6, 6.07) is 1.83. The number of hydrogen-bond acceptors (Lipinski definition) is 4. The van der Waals surface area contributed by atoms with E-state index in [2.05, 4.69) is 15.0 Å². The molecular formula is C11H14ClN3O2. The van der Waals surface area contributed by atoms with Crippen LogP contribution in [0.3, 0.4) is 0 Å². The first-order valence-electron chi connectivity index (χ1n) is 5.50. The highest BCUT2D eigenvalue weighted by atomic mass is 35.5. The van der Waals surface area contributed by atoms with Gasteiger partial charge in [0.05, 0.1) is 5.39 Å². The van der Waals surface area contributed by atoms with E-state index in [0.717, 1.165) is 5.39 Å². The number of H-pyrrole nitrogens is 1. The first-order chi connectivity index (χ1) is 8.26. The van der Waals surface area contributed by atoms with E-state index >= 15 is 0 Å². The van der Waals surface area contributed by atoms with Crippen LogP contribution in [0.5, 0.6) is 0 Å². The molecule has 17 heavy (non-hydrogen) atoms. The SMILES string of the molecule is CCOC(OCC)c1nc(Cl)c2cc[nH]c2n1. The molecule has 0 fully saturated rings. The minimum absolute atomic E-state index is 0.399. The molecule has 6 heteroatoms. The maximum Gasteiger partial charge on any atom is 0.219 e. The summed E-state index contributed by atoms with van der Waals surface area (Å²) in [5.74, 6) is 0.439. The van der Waals surface area contributed by atoms with E-state index in [0.29, 0.717) is 29.8 Å². The summed E-state index contributed by atoms with van der Waals surface area (Å²) in [6.45, 7) is 4.82. The maximum atomic E-state index is 6.07. The second kappa shape index (κ2) is 5.44. The Labute approximate surface area is 104 Å². The largest absolute Gasteiger partial charge is 0.346 e. The van der Waals surface area contributed by atoms with Crippen molar-refractivity contribution in [2.75, 3.05) is 13.2 Å². The number of nitrogens with one attached hydrogen (secondary N) is 1. The van der Waals surface area contributed by atoms with Crippen molar-refractivity contribution in [3.8, 4) is 0 Å². The Kier molecular flexibility index (Phi) is 3.93. The molecule has 0 atom stereocenters. The molecule has 0 aliphatic heterocycles. The van der Waals surface area contributed by atoms with Gasteiger partial charge in [0.15, 0.2) is 5.82 Å². The minimum atomic E-state index is -0.574. The number of nitrogens with zero attached hydrogens (tertiary/aromatic N) is 2. The first kappa shape index (κ1) is 12.3. The van der Waals surface area contributed by atoms with Crippen LogP contribution in [-0.4, -0.2) is 28.2 Å². The van der Waals surface area contributed by atoms with Crippen LogP contribution < -0.4 is 0 Å². The molecule has 2 aromatic heterocycles. The zero-order valence-corrected chi connectivity index (χ0v) is 10.5. The number of hydrogen-bond donors (Lipinski definition) is 1. The third kappa shape index (κ3) is 2.57. The fourth-order valence-electron chi connectivity index (χ4n) is 1.53. The summed E-state index contributed by atoms with van der Waals surface area (Å²) >= 11 is 6.07. The van der Waals surface area contributed by atoms with Crippen molar-refractivity contribution in [2.24, 2.45) is 0 Å². The van der Waals surface area contributed by atoms with Crippen LogP contribution >= 0.6 is 11.6 Å². The molecule has 2 aromatic rings. The number of aromatic nitrogens is 3. The molecule has 1 N–H and O–H groups in total. The van der Waals surface area contributed by atoms with Crippen molar-refractivity contribution in [3.05, 3.63) is 23.2 Å². The van der Waals surface area contributed by atoms with Gasteiger partial charge in [-0.25, -0.2) is 9.97 Å². The second-order valence-electron chi connectivity index (χ2n) is 3.36. The lowest BCUT2D eigenvalue weighted by molar-refractivity contribution is -0.145. The number of ether oxygens (including phenoxy) is 2. The highest BCUT2D eigenvalue weighted by Crippen LogP contribution is 2.23. The smallest absolute Gasteiger partial charge is 0.219 e. The van der Waals surface area contributed by atoms with E-state index in [1.165, 1.54) is 0 Å². The van der Waals surface area contributed by atoms with E-state index in [4.69, 9.17) is 21.1 Å². The molecule has 0 aliphatic carbocycles. The molecule has 0 aliphatic rings. The highest BCUT2D eigenvalue weighted by Gasteiger charge is 2.17. The summed E-state index contributed by atoms with van der Waals surface area (Å²) in [7, 11) is 0. The minimum Gasteiger partial charge on any atom is -0.346 e. The van der Waals surface area contributed by atoms with E-state index in [1.807, 2.05) is 19.9 Å². The van der Waals surface area contributed by atoms with Crippen molar-refractivity contribution in [3.63, 3.8) is 0 Å². The van der Waals surface area contributed by atoms with E-state index < -0.39 is 6.29 Å². The number of rotatable bonds is 5. The molecule has 0 radical (unpaired) electrons. The molecule has 0 amide bonds. The number of fused-ring (bicyclic) bond motifs is 1. The molecule has 5 nitrogen and oxygen atoms in total. The Morgan fingerprint density at radius 1 is 1.29 bits per heavy atom. The average molecular weight is 256 g/mol. The summed E-state index contributed by atoms with van der Waals surface area (Å²) in [5, 5.41) is 1.19. The lowest BCUT2D eigenvalue weighted by atomic mass is 10.4. The standard InChI is InChI=1S/C11H14ClN3O2/c1-3-16-11(17-4-2)10-14-8(12)7-5-6-13-9(7)15-10/h5-6,11H,3-4H2,1-2H3,(H,13,14,15). The van der Waals surface area contributed by atoms with Gasteiger partial charge in [0.25, 0.3) is 0 Å². The highest BCUT2D eigenvalue weighted by molar-refractivity contribution is 6.33. The Balaban J connectivity index is 2.38. The van der Waals surface area contributed by atoms with E-state index in [1.54, 1.807) is 6.20 Å². The van der Waals surface area contributed by atoms with Crippen LogP contribution in [0.15, 0.2) is 12.3 Å². The third-order valence-corrected chi connectivity index (χ3v) is 2.52. The Bertz CT molecular complexity index is 494. The molecule has 92 valence electrons. The molecular weight excluding hydrogens is 242 g/mol. The number of aromatic amines is 1. The van der Waals surface area contributed by atoms with E-state index in [-0.39, 0.29) is 0 Å². The van der Waals surface area contributed by atoms with Crippen molar-refractivity contribution >= 4 is 22.6 Å². The van der Waals surface area contributed by atoms with Crippen molar-refractivity contribution in [1.29, 1.82) is 0 Å². The van der Waals surface area contributed by atoms with Gasteiger partial charge in [-0.05, 0) is 19.9 Å². The lowest BCUT2D eigenvalue weighted by Crippen LogP contribution is -2.12. The van der Waals surface area contributed by atoms with Crippen LogP contribution in [0.25, 0.3) is 11.0 Å². The summed E-state index contributed by atoms with van der Waals surface area (Å²) in [4.78, 5) is 11.5. The third-order valence-electron chi connectivity index (χ3n) is 2.23. The molecule has 2 rings (SSSR count). The zero-order valence-electron chi connectivity index (χ0n) is 9.74.